The summed E-state index contributed by atoms with van der Waals surface area (Å²) in [5, 5.41) is 4.29. The second kappa shape index (κ2) is 7.39. The second-order valence-electron chi connectivity index (χ2n) is 3.97. The number of esters is 1. The number of ether oxygens (including phenoxy) is 1. The SMILES string of the molecule is O=C(CNC(=O)c1csc(I)c1)OCc1ccccc1. The topological polar surface area (TPSA) is 55.4 Å². The Morgan fingerprint density at radius 2 is 2.00 bits per heavy atom. The van der Waals surface area contributed by atoms with E-state index in [0.717, 1.165) is 8.45 Å². The Morgan fingerprint density at radius 3 is 2.65 bits per heavy atom. The van der Waals surface area contributed by atoms with Crippen molar-refractivity contribution in [2.45, 2.75) is 6.61 Å². The molecule has 6 heteroatoms. The Morgan fingerprint density at radius 1 is 1.25 bits per heavy atom. The van der Waals surface area contributed by atoms with Crippen LogP contribution in [0.3, 0.4) is 0 Å². The molecule has 0 aliphatic rings. The Kier molecular flexibility index (Phi) is 5.54. The molecule has 0 aliphatic heterocycles. The Labute approximate surface area is 134 Å². The van der Waals surface area contributed by atoms with Gasteiger partial charge < -0.3 is 10.1 Å². The highest BCUT2D eigenvalue weighted by molar-refractivity contribution is 14.1. The number of halogens is 1. The Balaban J connectivity index is 1.74. The summed E-state index contributed by atoms with van der Waals surface area (Å²) < 4.78 is 6.09. The van der Waals surface area contributed by atoms with Crippen LogP contribution in [0.1, 0.15) is 15.9 Å². The van der Waals surface area contributed by atoms with Crippen molar-refractivity contribution in [3.05, 3.63) is 55.8 Å². The molecule has 0 saturated heterocycles. The van der Waals surface area contributed by atoms with E-state index in [0.29, 0.717) is 5.56 Å². The van der Waals surface area contributed by atoms with Crippen LogP contribution in [0.15, 0.2) is 41.8 Å². The first kappa shape index (κ1) is 15.0. The van der Waals surface area contributed by atoms with Gasteiger partial charge in [0.2, 0.25) is 0 Å². The molecule has 0 unspecified atom stereocenters. The molecule has 1 aromatic carbocycles. The molecule has 2 rings (SSSR count). The Hall–Kier alpha value is -1.41. The van der Waals surface area contributed by atoms with Gasteiger partial charge in [0, 0.05) is 5.38 Å². The van der Waals surface area contributed by atoms with Crippen LogP contribution < -0.4 is 5.32 Å². The second-order valence-corrected chi connectivity index (χ2v) is 6.77. The molecule has 0 fully saturated rings. The largest absolute Gasteiger partial charge is 0.460 e. The van der Waals surface area contributed by atoms with Crippen molar-refractivity contribution in [1.29, 1.82) is 0 Å². The van der Waals surface area contributed by atoms with Gasteiger partial charge in [-0.05, 0) is 34.2 Å². The fourth-order valence-corrected chi connectivity index (χ4v) is 2.80. The van der Waals surface area contributed by atoms with E-state index in [2.05, 4.69) is 27.9 Å². The van der Waals surface area contributed by atoms with Crippen LogP contribution in [-0.2, 0) is 16.1 Å². The lowest BCUT2D eigenvalue weighted by molar-refractivity contribution is -0.143. The van der Waals surface area contributed by atoms with Crippen molar-refractivity contribution in [3.8, 4) is 0 Å². The van der Waals surface area contributed by atoms with Crippen LogP contribution in [0.2, 0.25) is 0 Å². The van der Waals surface area contributed by atoms with Gasteiger partial charge in [-0.3, -0.25) is 9.59 Å². The lowest BCUT2D eigenvalue weighted by Crippen LogP contribution is -2.30. The number of amides is 1. The summed E-state index contributed by atoms with van der Waals surface area (Å²) in [6.45, 7) is 0.0873. The van der Waals surface area contributed by atoms with E-state index < -0.39 is 5.97 Å². The van der Waals surface area contributed by atoms with Gasteiger partial charge in [0.25, 0.3) is 5.91 Å². The third kappa shape index (κ3) is 4.61. The highest BCUT2D eigenvalue weighted by atomic mass is 127. The van der Waals surface area contributed by atoms with Crippen LogP contribution in [0.4, 0.5) is 0 Å². The van der Waals surface area contributed by atoms with E-state index in [1.807, 2.05) is 30.3 Å². The first-order valence-corrected chi connectivity index (χ1v) is 7.83. The minimum Gasteiger partial charge on any atom is -0.460 e. The monoisotopic (exact) mass is 401 g/mol. The number of carbonyl (C=O) groups is 2. The van der Waals surface area contributed by atoms with Crippen LogP contribution in [0.5, 0.6) is 0 Å². The maximum absolute atomic E-state index is 11.7. The number of rotatable bonds is 5. The van der Waals surface area contributed by atoms with E-state index in [1.165, 1.54) is 11.3 Å². The molecule has 0 atom stereocenters. The zero-order valence-electron chi connectivity index (χ0n) is 10.5. The van der Waals surface area contributed by atoms with Gasteiger partial charge in [0.1, 0.15) is 13.2 Å². The molecular formula is C14H12INO3S. The van der Waals surface area contributed by atoms with Crippen LogP contribution >= 0.6 is 33.9 Å². The third-order valence-electron chi connectivity index (χ3n) is 2.47. The Bertz CT molecular complexity index is 597. The number of hydrogen-bond acceptors (Lipinski definition) is 4. The van der Waals surface area contributed by atoms with Gasteiger partial charge >= 0.3 is 5.97 Å². The normalized spacial score (nSPS) is 10.1. The fraction of sp³-hybridized carbons (Fsp3) is 0.143. The number of benzene rings is 1. The molecule has 0 radical (unpaired) electrons. The summed E-state index contributed by atoms with van der Waals surface area (Å²) >= 11 is 3.63. The van der Waals surface area contributed by atoms with Crippen LogP contribution in [0.25, 0.3) is 0 Å². The molecule has 0 saturated carbocycles. The summed E-state index contributed by atoms with van der Waals surface area (Å²) in [6.07, 6.45) is 0. The van der Waals surface area contributed by atoms with Crippen LogP contribution in [0, 0.1) is 2.88 Å². The molecule has 2 aromatic rings. The van der Waals surface area contributed by atoms with Gasteiger partial charge in [-0.15, -0.1) is 11.3 Å². The molecular weight excluding hydrogens is 389 g/mol. The highest BCUT2D eigenvalue weighted by Gasteiger charge is 2.10. The number of thiophene rings is 1. The third-order valence-corrected chi connectivity index (χ3v) is 4.25. The maximum Gasteiger partial charge on any atom is 0.325 e. The average molecular weight is 401 g/mol. The molecule has 104 valence electrons. The number of hydrogen-bond donors (Lipinski definition) is 1. The van der Waals surface area contributed by atoms with E-state index in [4.69, 9.17) is 4.74 Å². The molecule has 0 aliphatic carbocycles. The fourth-order valence-electron chi connectivity index (χ4n) is 1.47. The van der Waals surface area contributed by atoms with Crippen LogP contribution in [-0.4, -0.2) is 18.4 Å². The molecule has 4 nitrogen and oxygen atoms in total. The minimum atomic E-state index is -0.452. The van der Waals surface area contributed by atoms with Crippen molar-refractivity contribution in [2.24, 2.45) is 0 Å². The zero-order valence-corrected chi connectivity index (χ0v) is 13.4. The molecule has 0 spiro atoms. The van der Waals surface area contributed by atoms with E-state index in [1.54, 1.807) is 11.4 Å². The lowest BCUT2D eigenvalue weighted by atomic mass is 10.2. The first-order valence-electron chi connectivity index (χ1n) is 5.87. The summed E-state index contributed by atoms with van der Waals surface area (Å²) in [6, 6.07) is 11.2. The standard InChI is InChI=1S/C14H12INO3S/c15-12-6-11(9-20-12)14(18)16-7-13(17)19-8-10-4-2-1-3-5-10/h1-6,9H,7-8H2,(H,16,18). The van der Waals surface area contributed by atoms with Gasteiger partial charge in [-0.1, -0.05) is 30.3 Å². The lowest BCUT2D eigenvalue weighted by Gasteiger charge is -2.05. The van der Waals surface area contributed by atoms with E-state index >= 15 is 0 Å². The van der Waals surface area contributed by atoms with Crippen molar-refractivity contribution in [2.75, 3.05) is 6.54 Å². The van der Waals surface area contributed by atoms with Crippen molar-refractivity contribution in [1.82, 2.24) is 5.32 Å². The quantitative estimate of drug-likeness (QED) is 0.620. The van der Waals surface area contributed by atoms with Gasteiger partial charge in [0.05, 0.1) is 8.45 Å². The molecule has 1 amide bonds. The van der Waals surface area contributed by atoms with Gasteiger partial charge in [0.15, 0.2) is 0 Å². The van der Waals surface area contributed by atoms with Crippen molar-refractivity contribution < 1.29 is 14.3 Å². The maximum atomic E-state index is 11.7. The number of carbonyl (C=O) groups excluding carboxylic acids is 2. The first-order chi connectivity index (χ1) is 9.65. The highest BCUT2D eigenvalue weighted by Crippen LogP contribution is 2.16. The summed E-state index contributed by atoms with van der Waals surface area (Å²) in [5.41, 5.74) is 1.48. The molecule has 0 bridgehead atoms. The van der Waals surface area contributed by atoms with E-state index in [-0.39, 0.29) is 19.1 Å². The molecule has 20 heavy (non-hydrogen) atoms. The smallest absolute Gasteiger partial charge is 0.325 e. The van der Waals surface area contributed by atoms with Gasteiger partial charge in [-0.2, -0.15) is 0 Å². The predicted octanol–water partition coefficient (Wildman–Crippen LogP) is 2.83. The van der Waals surface area contributed by atoms with E-state index in [9.17, 15) is 9.59 Å². The minimum absolute atomic E-state index is 0.127. The predicted molar refractivity (Wildman–Crippen MR) is 85.6 cm³/mol. The van der Waals surface area contributed by atoms with Gasteiger partial charge in [-0.25, -0.2) is 0 Å². The summed E-state index contributed by atoms with van der Waals surface area (Å²) in [4.78, 5) is 23.2. The summed E-state index contributed by atoms with van der Waals surface area (Å²) in [7, 11) is 0. The van der Waals surface area contributed by atoms with Crippen molar-refractivity contribution >= 4 is 45.8 Å². The molecule has 1 N–H and O–H groups in total. The number of nitrogens with one attached hydrogen (secondary N) is 1. The van der Waals surface area contributed by atoms with Crippen molar-refractivity contribution in [3.63, 3.8) is 0 Å². The zero-order chi connectivity index (χ0) is 14.4. The summed E-state index contributed by atoms with van der Waals surface area (Å²) in [5.74, 6) is -0.715. The molecule has 1 aromatic heterocycles. The average Bonchev–Trinajstić information content (AvgIpc) is 2.90. The molecule has 1 heterocycles.